The van der Waals surface area contributed by atoms with E-state index in [1.165, 1.54) is 0 Å². The van der Waals surface area contributed by atoms with Crippen LogP contribution in [0.25, 0.3) is 0 Å². The molecule has 0 unspecified atom stereocenters. The third-order valence-electron chi connectivity index (χ3n) is 1.26. The van der Waals surface area contributed by atoms with Crippen LogP contribution in [0.4, 0.5) is 0 Å². The van der Waals surface area contributed by atoms with Crippen molar-refractivity contribution in [2.75, 3.05) is 26.3 Å². The monoisotopic (exact) mass is 190 g/mol. The van der Waals surface area contributed by atoms with Crippen molar-refractivity contribution in [1.82, 2.24) is 5.32 Å². The van der Waals surface area contributed by atoms with Crippen LogP contribution in [0, 0.1) is 10.1 Å². The Bertz CT molecular complexity index is 172. The third kappa shape index (κ3) is 8.74. The molecule has 0 aliphatic heterocycles. The summed E-state index contributed by atoms with van der Waals surface area (Å²) in [5.74, 6) is -0.554. The summed E-state index contributed by atoms with van der Waals surface area (Å²) in [7, 11) is 0. The second-order valence-electron chi connectivity index (χ2n) is 2.39. The fourth-order valence-electron chi connectivity index (χ4n) is 0.720. The lowest BCUT2D eigenvalue weighted by Gasteiger charge is -2.02. The SMILES string of the molecule is CCOCCCNC(=O)C[N+](=O)[O-]. The molecule has 0 spiro atoms. The van der Waals surface area contributed by atoms with Gasteiger partial charge < -0.3 is 10.1 Å². The molecule has 0 aliphatic rings. The van der Waals surface area contributed by atoms with Gasteiger partial charge in [0.25, 0.3) is 12.5 Å². The van der Waals surface area contributed by atoms with Crippen molar-refractivity contribution in [3.63, 3.8) is 0 Å². The van der Waals surface area contributed by atoms with E-state index in [4.69, 9.17) is 4.74 Å². The molecule has 13 heavy (non-hydrogen) atoms. The number of ether oxygens (including phenoxy) is 1. The van der Waals surface area contributed by atoms with Crippen LogP contribution in [-0.2, 0) is 9.53 Å². The Morgan fingerprint density at radius 2 is 2.31 bits per heavy atom. The predicted molar refractivity (Wildman–Crippen MR) is 46.0 cm³/mol. The number of carbonyl (C=O) groups excluding carboxylic acids is 1. The highest BCUT2D eigenvalue weighted by Crippen LogP contribution is 1.80. The normalized spacial score (nSPS) is 9.62. The molecule has 0 fully saturated rings. The molecule has 0 bridgehead atoms. The van der Waals surface area contributed by atoms with Crippen molar-refractivity contribution >= 4 is 5.91 Å². The highest BCUT2D eigenvalue weighted by atomic mass is 16.6. The number of nitrogens with zero attached hydrogens (tertiary/aromatic N) is 1. The Labute approximate surface area is 76.4 Å². The van der Waals surface area contributed by atoms with Crippen LogP contribution >= 0.6 is 0 Å². The van der Waals surface area contributed by atoms with Crippen molar-refractivity contribution < 1.29 is 14.5 Å². The average molecular weight is 190 g/mol. The quantitative estimate of drug-likeness (QED) is 0.342. The molecule has 0 heterocycles. The summed E-state index contributed by atoms with van der Waals surface area (Å²) in [6.07, 6.45) is 0.678. The topological polar surface area (TPSA) is 81.5 Å². The van der Waals surface area contributed by atoms with Gasteiger partial charge >= 0.3 is 0 Å². The molecule has 0 aromatic rings. The van der Waals surface area contributed by atoms with Gasteiger partial charge in [-0.25, -0.2) is 0 Å². The van der Waals surface area contributed by atoms with Crippen LogP contribution in [0.2, 0.25) is 0 Å². The first-order valence-corrected chi connectivity index (χ1v) is 4.13. The van der Waals surface area contributed by atoms with Gasteiger partial charge in [0, 0.05) is 24.7 Å². The minimum absolute atomic E-state index is 0.423. The maximum Gasteiger partial charge on any atom is 0.291 e. The Kier molecular flexibility index (Phi) is 6.80. The summed E-state index contributed by atoms with van der Waals surface area (Å²) in [6.45, 7) is 2.85. The summed E-state index contributed by atoms with van der Waals surface area (Å²) >= 11 is 0. The second-order valence-corrected chi connectivity index (χ2v) is 2.39. The van der Waals surface area contributed by atoms with Crippen molar-refractivity contribution in [2.24, 2.45) is 0 Å². The van der Waals surface area contributed by atoms with Crippen LogP contribution in [0.5, 0.6) is 0 Å². The van der Waals surface area contributed by atoms with Gasteiger partial charge in [-0.2, -0.15) is 0 Å². The van der Waals surface area contributed by atoms with Gasteiger partial charge in [-0.1, -0.05) is 0 Å². The molecule has 0 saturated heterocycles. The third-order valence-corrected chi connectivity index (χ3v) is 1.26. The Balaban J connectivity index is 3.22. The molecule has 76 valence electrons. The van der Waals surface area contributed by atoms with Crippen molar-refractivity contribution in [3.05, 3.63) is 10.1 Å². The zero-order chi connectivity index (χ0) is 10.1. The van der Waals surface area contributed by atoms with Crippen molar-refractivity contribution in [2.45, 2.75) is 13.3 Å². The molecule has 0 rings (SSSR count). The summed E-state index contributed by atoms with van der Waals surface area (Å²) in [4.78, 5) is 19.9. The molecule has 1 N–H and O–H groups in total. The summed E-state index contributed by atoms with van der Waals surface area (Å²) in [5, 5.41) is 12.3. The first-order chi connectivity index (χ1) is 6.16. The van der Waals surface area contributed by atoms with Crippen LogP contribution in [0.15, 0.2) is 0 Å². The molecular formula is C7H14N2O4. The van der Waals surface area contributed by atoms with Gasteiger partial charge in [-0.15, -0.1) is 0 Å². The van der Waals surface area contributed by atoms with Crippen molar-refractivity contribution in [3.8, 4) is 0 Å². The summed E-state index contributed by atoms with van der Waals surface area (Å²) in [6, 6.07) is 0. The minimum atomic E-state index is -0.658. The van der Waals surface area contributed by atoms with Gasteiger partial charge in [0.1, 0.15) is 0 Å². The van der Waals surface area contributed by atoms with Gasteiger partial charge in [0.05, 0.1) is 0 Å². The molecule has 0 aromatic heterocycles. The second kappa shape index (κ2) is 7.48. The molecule has 0 aliphatic carbocycles. The molecule has 6 heteroatoms. The molecule has 0 aromatic carbocycles. The molecule has 6 nitrogen and oxygen atoms in total. The lowest BCUT2D eigenvalue weighted by Crippen LogP contribution is -2.31. The van der Waals surface area contributed by atoms with Crippen LogP contribution in [-0.4, -0.2) is 37.1 Å². The van der Waals surface area contributed by atoms with E-state index in [-0.39, 0.29) is 0 Å². The average Bonchev–Trinajstić information content (AvgIpc) is 2.02. The van der Waals surface area contributed by atoms with Gasteiger partial charge in [-0.3, -0.25) is 14.9 Å². The lowest BCUT2D eigenvalue weighted by molar-refractivity contribution is -0.467. The van der Waals surface area contributed by atoms with E-state index in [0.717, 1.165) is 0 Å². The zero-order valence-corrected chi connectivity index (χ0v) is 7.62. The molecular weight excluding hydrogens is 176 g/mol. The van der Waals surface area contributed by atoms with Crippen molar-refractivity contribution in [1.29, 1.82) is 0 Å². The Hall–Kier alpha value is -1.17. The molecule has 1 amide bonds. The molecule has 0 atom stereocenters. The molecule has 0 radical (unpaired) electrons. The maximum atomic E-state index is 10.7. The number of nitrogens with one attached hydrogen (secondary N) is 1. The van der Waals surface area contributed by atoms with Crippen LogP contribution in [0.1, 0.15) is 13.3 Å². The Morgan fingerprint density at radius 3 is 2.85 bits per heavy atom. The summed E-state index contributed by atoms with van der Waals surface area (Å²) in [5.41, 5.74) is 0. The van der Waals surface area contributed by atoms with Crippen LogP contribution in [0.3, 0.4) is 0 Å². The largest absolute Gasteiger partial charge is 0.382 e. The predicted octanol–water partition coefficient (Wildman–Crippen LogP) is -0.194. The van der Waals surface area contributed by atoms with Gasteiger partial charge in [0.15, 0.2) is 0 Å². The van der Waals surface area contributed by atoms with Gasteiger partial charge in [-0.05, 0) is 13.3 Å². The van der Waals surface area contributed by atoms with Gasteiger partial charge in [0.2, 0.25) is 0 Å². The van der Waals surface area contributed by atoms with Crippen LogP contribution < -0.4 is 5.32 Å². The number of rotatable bonds is 7. The number of carbonyl (C=O) groups is 1. The highest BCUT2D eigenvalue weighted by molar-refractivity contribution is 5.76. The highest BCUT2D eigenvalue weighted by Gasteiger charge is 2.06. The summed E-state index contributed by atoms with van der Waals surface area (Å²) < 4.78 is 5.01. The standard InChI is InChI=1S/C7H14N2O4/c1-2-13-5-3-4-8-7(10)6-9(11)12/h2-6H2,1H3,(H,8,10). The maximum absolute atomic E-state index is 10.7. The fourth-order valence-corrected chi connectivity index (χ4v) is 0.720. The number of nitro groups is 1. The first kappa shape index (κ1) is 11.8. The van der Waals surface area contributed by atoms with E-state index in [1.807, 2.05) is 6.92 Å². The molecule has 0 saturated carbocycles. The smallest absolute Gasteiger partial charge is 0.291 e. The lowest BCUT2D eigenvalue weighted by atomic mass is 10.4. The first-order valence-electron chi connectivity index (χ1n) is 4.13. The van der Waals surface area contributed by atoms with E-state index < -0.39 is 17.4 Å². The van der Waals surface area contributed by atoms with E-state index in [2.05, 4.69) is 5.32 Å². The Morgan fingerprint density at radius 1 is 1.62 bits per heavy atom. The zero-order valence-electron chi connectivity index (χ0n) is 7.62. The van der Waals surface area contributed by atoms with E-state index in [1.54, 1.807) is 0 Å². The number of hydrogen-bond acceptors (Lipinski definition) is 4. The fraction of sp³-hybridized carbons (Fsp3) is 0.857. The van der Waals surface area contributed by atoms with E-state index >= 15 is 0 Å². The minimum Gasteiger partial charge on any atom is -0.382 e. The van der Waals surface area contributed by atoms with E-state index in [0.29, 0.717) is 26.2 Å². The number of amides is 1. The van der Waals surface area contributed by atoms with E-state index in [9.17, 15) is 14.9 Å². The number of hydrogen-bond donors (Lipinski definition) is 1.